The van der Waals surface area contributed by atoms with Gasteiger partial charge in [0.05, 0.1) is 13.2 Å². The van der Waals surface area contributed by atoms with Gasteiger partial charge < -0.3 is 14.4 Å². The van der Waals surface area contributed by atoms with E-state index in [4.69, 9.17) is 9.47 Å². The van der Waals surface area contributed by atoms with E-state index in [9.17, 15) is 4.79 Å². The molecule has 0 spiro atoms. The number of amides is 1. The molecule has 1 aromatic carbocycles. The zero-order valence-corrected chi connectivity index (χ0v) is 15.9. The van der Waals surface area contributed by atoms with E-state index in [0.717, 1.165) is 17.5 Å². The maximum Gasteiger partial charge on any atom is 0.410 e. The first-order valence-corrected chi connectivity index (χ1v) is 8.93. The molecule has 0 N–H and O–H groups in total. The number of carbonyl (C=O) groups excluding carboxylic acids is 1. The lowest BCUT2D eigenvalue weighted by molar-refractivity contribution is -0.00157. The molecule has 5 heteroatoms. The van der Waals surface area contributed by atoms with Gasteiger partial charge in [0, 0.05) is 19.4 Å². The van der Waals surface area contributed by atoms with E-state index in [0.29, 0.717) is 13.2 Å². The van der Waals surface area contributed by atoms with Crippen LogP contribution in [0.1, 0.15) is 38.0 Å². The highest BCUT2D eigenvalue weighted by Crippen LogP contribution is 2.34. The van der Waals surface area contributed by atoms with Gasteiger partial charge >= 0.3 is 6.09 Å². The molecule has 1 aromatic heterocycles. The molecule has 0 saturated heterocycles. The van der Waals surface area contributed by atoms with Crippen molar-refractivity contribution in [2.45, 2.75) is 38.9 Å². The minimum atomic E-state index is -0.509. The Morgan fingerprint density at radius 1 is 1.27 bits per heavy atom. The summed E-state index contributed by atoms with van der Waals surface area (Å²) in [6, 6.07) is 10.3. The lowest BCUT2D eigenvalue weighted by Crippen LogP contribution is -2.38. The quantitative estimate of drug-likeness (QED) is 0.828. The molecule has 1 aliphatic rings. The van der Waals surface area contributed by atoms with Crippen molar-refractivity contribution in [1.82, 2.24) is 9.88 Å². The molecule has 1 atom stereocenters. The van der Waals surface area contributed by atoms with Crippen LogP contribution in [0.5, 0.6) is 0 Å². The summed E-state index contributed by atoms with van der Waals surface area (Å²) in [7, 11) is 1.75. The number of likely N-dealkylation sites (N-methyl/N-ethyl adjacent to an activating group) is 1. The molecular weight excluding hydrogens is 328 g/mol. The van der Waals surface area contributed by atoms with Gasteiger partial charge in [-0.25, -0.2) is 4.79 Å². The number of aromatic nitrogens is 1. The molecule has 2 aromatic rings. The molecule has 5 nitrogen and oxygen atoms in total. The van der Waals surface area contributed by atoms with Gasteiger partial charge in [0.1, 0.15) is 11.7 Å². The molecule has 26 heavy (non-hydrogen) atoms. The van der Waals surface area contributed by atoms with Crippen molar-refractivity contribution < 1.29 is 14.3 Å². The normalized spacial score (nSPS) is 16.7. The summed E-state index contributed by atoms with van der Waals surface area (Å²) in [4.78, 5) is 18.0. The first-order valence-electron chi connectivity index (χ1n) is 8.93. The van der Waals surface area contributed by atoms with Crippen molar-refractivity contribution in [2.24, 2.45) is 0 Å². The van der Waals surface area contributed by atoms with Crippen LogP contribution in [0, 0.1) is 0 Å². The minimum Gasteiger partial charge on any atom is -0.444 e. The molecule has 1 amide bonds. The van der Waals surface area contributed by atoms with E-state index in [1.54, 1.807) is 11.9 Å². The smallest absolute Gasteiger partial charge is 0.410 e. The van der Waals surface area contributed by atoms with Gasteiger partial charge in [0.2, 0.25) is 0 Å². The first kappa shape index (κ1) is 18.4. The summed E-state index contributed by atoms with van der Waals surface area (Å²) < 4.78 is 11.4. The Kier molecular flexibility index (Phi) is 5.28. The van der Waals surface area contributed by atoms with E-state index in [2.05, 4.69) is 17.1 Å². The zero-order valence-electron chi connectivity index (χ0n) is 15.9. The average Bonchev–Trinajstić information content (AvgIpc) is 2.61. The standard InChI is InChI=1S/C21H26N2O3/c1-21(2,3)26-20(24)23(4)14-19-18-7-5-6-16(17(18)10-13-25-19)15-8-11-22-12-9-15/h5-9,11-12,19H,10,13-14H2,1-4H3/t19-/m0/s1. The van der Waals surface area contributed by atoms with Gasteiger partial charge in [-0.05, 0) is 61.6 Å². The van der Waals surface area contributed by atoms with E-state index < -0.39 is 5.60 Å². The van der Waals surface area contributed by atoms with E-state index in [1.165, 1.54) is 11.1 Å². The lowest BCUT2D eigenvalue weighted by Gasteiger charge is -2.32. The van der Waals surface area contributed by atoms with Crippen LogP contribution in [0.3, 0.4) is 0 Å². The highest BCUT2D eigenvalue weighted by molar-refractivity contribution is 5.70. The molecular formula is C21H26N2O3. The molecule has 0 fully saturated rings. The van der Waals surface area contributed by atoms with Gasteiger partial charge in [-0.3, -0.25) is 4.98 Å². The largest absolute Gasteiger partial charge is 0.444 e. The Bertz CT molecular complexity index is 769. The number of nitrogens with zero attached hydrogens (tertiary/aromatic N) is 2. The van der Waals surface area contributed by atoms with Crippen molar-refractivity contribution in [3.05, 3.63) is 53.9 Å². The van der Waals surface area contributed by atoms with Crippen molar-refractivity contribution in [3.8, 4) is 11.1 Å². The van der Waals surface area contributed by atoms with Crippen LogP contribution >= 0.6 is 0 Å². The third-order valence-corrected chi connectivity index (χ3v) is 4.37. The third kappa shape index (κ3) is 4.22. The second-order valence-corrected chi connectivity index (χ2v) is 7.58. The Morgan fingerprint density at radius 2 is 2.00 bits per heavy atom. The molecule has 0 unspecified atom stereocenters. The Labute approximate surface area is 155 Å². The lowest BCUT2D eigenvalue weighted by atomic mass is 9.90. The van der Waals surface area contributed by atoms with Crippen LogP contribution in [-0.4, -0.2) is 41.8 Å². The van der Waals surface area contributed by atoms with Crippen molar-refractivity contribution in [2.75, 3.05) is 20.2 Å². The molecule has 2 heterocycles. The van der Waals surface area contributed by atoms with Crippen LogP contribution in [0.2, 0.25) is 0 Å². The summed E-state index contributed by atoms with van der Waals surface area (Å²) in [5.74, 6) is 0. The summed E-state index contributed by atoms with van der Waals surface area (Å²) >= 11 is 0. The number of rotatable bonds is 3. The first-order chi connectivity index (χ1) is 12.3. The molecule has 0 radical (unpaired) electrons. The molecule has 0 aliphatic carbocycles. The summed E-state index contributed by atoms with van der Waals surface area (Å²) in [6.07, 6.45) is 3.99. The monoisotopic (exact) mass is 354 g/mol. The minimum absolute atomic E-state index is 0.155. The van der Waals surface area contributed by atoms with Crippen LogP contribution in [0.25, 0.3) is 11.1 Å². The second-order valence-electron chi connectivity index (χ2n) is 7.58. The molecule has 0 saturated carbocycles. The van der Waals surface area contributed by atoms with Crippen LogP contribution < -0.4 is 0 Å². The predicted octanol–water partition coefficient (Wildman–Crippen LogP) is 4.23. The van der Waals surface area contributed by atoms with Crippen LogP contribution in [-0.2, 0) is 15.9 Å². The van der Waals surface area contributed by atoms with Crippen molar-refractivity contribution in [1.29, 1.82) is 0 Å². The van der Waals surface area contributed by atoms with Crippen molar-refractivity contribution in [3.63, 3.8) is 0 Å². The summed E-state index contributed by atoms with van der Waals surface area (Å²) in [6.45, 7) is 6.70. The zero-order chi connectivity index (χ0) is 18.7. The average molecular weight is 354 g/mol. The summed E-state index contributed by atoms with van der Waals surface area (Å²) in [5.41, 5.74) is 4.27. The number of hydrogen-bond donors (Lipinski definition) is 0. The van der Waals surface area contributed by atoms with Crippen LogP contribution in [0.4, 0.5) is 4.79 Å². The highest BCUT2D eigenvalue weighted by atomic mass is 16.6. The molecule has 0 bridgehead atoms. The van der Waals surface area contributed by atoms with E-state index >= 15 is 0 Å². The number of pyridine rings is 1. The number of carbonyl (C=O) groups is 1. The third-order valence-electron chi connectivity index (χ3n) is 4.37. The van der Waals surface area contributed by atoms with Crippen molar-refractivity contribution >= 4 is 6.09 Å². The molecule has 138 valence electrons. The number of hydrogen-bond acceptors (Lipinski definition) is 4. The van der Waals surface area contributed by atoms with Gasteiger partial charge in [0.15, 0.2) is 0 Å². The fourth-order valence-electron chi connectivity index (χ4n) is 3.19. The Balaban J connectivity index is 1.83. The Morgan fingerprint density at radius 3 is 2.69 bits per heavy atom. The predicted molar refractivity (Wildman–Crippen MR) is 101 cm³/mol. The highest BCUT2D eigenvalue weighted by Gasteiger charge is 2.27. The SMILES string of the molecule is CN(C[C@@H]1OCCc2c(-c3ccncc3)cccc21)C(=O)OC(C)(C)C. The van der Waals surface area contributed by atoms with Gasteiger partial charge in [-0.1, -0.05) is 18.2 Å². The number of ether oxygens (including phenoxy) is 2. The van der Waals surface area contributed by atoms with E-state index in [-0.39, 0.29) is 12.2 Å². The van der Waals surface area contributed by atoms with Crippen LogP contribution in [0.15, 0.2) is 42.7 Å². The number of fused-ring (bicyclic) bond motifs is 1. The molecule has 3 rings (SSSR count). The Hall–Kier alpha value is -2.40. The number of benzene rings is 1. The molecule has 1 aliphatic heterocycles. The summed E-state index contributed by atoms with van der Waals surface area (Å²) in [5, 5.41) is 0. The maximum absolute atomic E-state index is 12.3. The van der Waals surface area contributed by atoms with E-state index in [1.807, 2.05) is 51.4 Å². The maximum atomic E-state index is 12.3. The topological polar surface area (TPSA) is 51.7 Å². The fraction of sp³-hybridized carbons (Fsp3) is 0.429. The van der Waals surface area contributed by atoms with Gasteiger partial charge in [-0.2, -0.15) is 0 Å². The fourth-order valence-corrected chi connectivity index (χ4v) is 3.19. The van der Waals surface area contributed by atoms with Gasteiger partial charge in [-0.15, -0.1) is 0 Å². The second kappa shape index (κ2) is 7.46. The van der Waals surface area contributed by atoms with Gasteiger partial charge in [0.25, 0.3) is 0 Å².